The van der Waals surface area contributed by atoms with E-state index in [0.717, 1.165) is 12.1 Å². The Bertz CT molecular complexity index is 1240. The number of anilines is 1. The molecule has 3 aromatic heterocycles. The molecular weight excluding hydrogens is 346 g/mol. The molecular formula is C20H15N3O2S. The topological polar surface area (TPSA) is 54.7 Å². The van der Waals surface area contributed by atoms with Crippen molar-refractivity contribution in [3.8, 4) is 0 Å². The second kappa shape index (κ2) is 5.51. The monoisotopic (exact) mass is 361 g/mol. The van der Waals surface area contributed by atoms with Gasteiger partial charge in [-0.25, -0.2) is 4.98 Å². The van der Waals surface area contributed by atoms with Crippen molar-refractivity contribution in [3.63, 3.8) is 0 Å². The predicted molar refractivity (Wildman–Crippen MR) is 103 cm³/mol. The number of aromatic nitrogens is 2. The molecule has 1 atom stereocenters. The number of para-hydroxylation sites is 1. The summed E-state index contributed by atoms with van der Waals surface area (Å²) in [5.74, 6) is -0.0705. The Hall–Kier alpha value is -2.99. The normalized spacial score (nSPS) is 16.3. The average Bonchev–Trinajstić information content (AvgIpc) is 3.22. The molecule has 5 nitrogen and oxygen atoms in total. The fourth-order valence-electron chi connectivity index (χ4n) is 3.65. The maximum absolute atomic E-state index is 13.2. The van der Waals surface area contributed by atoms with Crippen molar-refractivity contribution in [2.24, 2.45) is 0 Å². The van der Waals surface area contributed by atoms with Gasteiger partial charge in [-0.15, -0.1) is 11.3 Å². The number of pyridine rings is 1. The third-order valence-corrected chi connectivity index (χ3v) is 5.87. The Morgan fingerprint density at radius 3 is 2.88 bits per heavy atom. The number of benzene rings is 1. The number of hydrogen-bond acceptors (Lipinski definition) is 4. The lowest BCUT2D eigenvalue weighted by atomic mass is 10.1. The molecule has 1 amide bonds. The lowest BCUT2D eigenvalue weighted by molar-refractivity contribution is 0.0985. The minimum atomic E-state index is -0.143. The molecule has 0 radical (unpaired) electrons. The van der Waals surface area contributed by atoms with Crippen LogP contribution in [0.15, 0.2) is 59.5 Å². The van der Waals surface area contributed by atoms with Gasteiger partial charge in [0, 0.05) is 17.9 Å². The molecule has 26 heavy (non-hydrogen) atoms. The Kier molecular flexibility index (Phi) is 3.24. The van der Waals surface area contributed by atoms with Crippen LogP contribution in [0.2, 0.25) is 0 Å². The maximum atomic E-state index is 13.2. The van der Waals surface area contributed by atoms with Crippen LogP contribution in [0.1, 0.15) is 22.2 Å². The van der Waals surface area contributed by atoms with Crippen molar-refractivity contribution >= 4 is 38.8 Å². The van der Waals surface area contributed by atoms with Crippen molar-refractivity contribution in [1.82, 2.24) is 9.38 Å². The van der Waals surface area contributed by atoms with Crippen LogP contribution in [-0.4, -0.2) is 21.3 Å². The van der Waals surface area contributed by atoms with E-state index in [9.17, 15) is 9.59 Å². The Morgan fingerprint density at radius 1 is 1.19 bits per heavy atom. The van der Waals surface area contributed by atoms with E-state index < -0.39 is 0 Å². The second-order valence-corrected chi connectivity index (χ2v) is 7.56. The van der Waals surface area contributed by atoms with E-state index in [-0.39, 0.29) is 17.5 Å². The van der Waals surface area contributed by atoms with E-state index in [1.165, 1.54) is 21.3 Å². The van der Waals surface area contributed by atoms with Gasteiger partial charge in [-0.2, -0.15) is 0 Å². The molecule has 1 aliphatic heterocycles. The van der Waals surface area contributed by atoms with Crippen molar-refractivity contribution in [3.05, 3.63) is 75.5 Å². The zero-order chi connectivity index (χ0) is 17.8. The van der Waals surface area contributed by atoms with Crippen LogP contribution in [0.4, 0.5) is 5.69 Å². The minimum absolute atomic E-state index is 0.0705. The first-order valence-electron chi connectivity index (χ1n) is 8.46. The third-order valence-electron chi connectivity index (χ3n) is 4.85. The number of rotatable bonds is 1. The molecule has 128 valence electrons. The molecule has 0 N–H and O–H groups in total. The molecule has 4 aromatic rings. The van der Waals surface area contributed by atoms with Gasteiger partial charge in [0.05, 0.1) is 10.3 Å². The molecule has 1 aliphatic rings. The largest absolute Gasteiger partial charge is 0.304 e. The van der Waals surface area contributed by atoms with Crippen molar-refractivity contribution in [1.29, 1.82) is 0 Å². The maximum Gasteiger partial charge on any atom is 0.268 e. The van der Waals surface area contributed by atoms with Crippen molar-refractivity contribution < 1.29 is 4.79 Å². The number of fused-ring (bicyclic) bond motifs is 3. The number of hydrogen-bond donors (Lipinski definition) is 0. The molecule has 4 heterocycles. The van der Waals surface area contributed by atoms with Crippen LogP contribution in [-0.2, 0) is 6.42 Å². The zero-order valence-corrected chi connectivity index (χ0v) is 14.9. The van der Waals surface area contributed by atoms with Crippen LogP contribution in [0.25, 0.3) is 15.9 Å². The van der Waals surface area contributed by atoms with Gasteiger partial charge in [0.15, 0.2) is 0 Å². The highest BCUT2D eigenvalue weighted by atomic mass is 32.1. The molecule has 5 rings (SSSR count). The van der Waals surface area contributed by atoms with Crippen molar-refractivity contribution in [2.75, 3.05) is 4.90 Å². The summed E-state index contributed by atoms with van der Waals surface area (Å²) in [7, 11) is 0. The minimum Gasteiger partial charge on any atom is -0.304 e. The number of carbonyl (C=O) groups excluding carboxylic acids is 1. The summed E-state index contributed by atoms with van der Waals surface area (Å²) in [5.41, 5.74) is 2.58. The van der Waals surface area contributed by atoms with Crippen LogP contribution in [0.5, 0.6) is 0 Å². The Labute approximate surface area is 153 Å². The Morgan fingerprint density at radius 2 is 2.00 bits per heavy atom. The molecule has 6 heteroatoms. The molecule has 1 aromatic carbocycles. The quantitative estimate of drug-likeness (QED) is 0.521. The fraction of sp³-hybridized carbons (Fsp3) is 0.150. The summed E-state index contributed by atoms with van der Waals surface area (Å²) in [4.78, 5) is 33.4. The van der Waals surface area contributed by atoms with Gasteiger partial charge in [-0.3, -0.25) is 14.0 Å². The summed E-state index contributed by atoms with van der Waals surface area (Å²) in [5, 5.41) is 0.488. The molecule has 0 fully saturated rings. The molecule has 0 saturated heterocycles. The zero-order valence-electron chi connectivity index (χ0n) is 14.0. The first-order chi connectivity index (χ1) is 12.6. The number of amides is 1. The van der Waals surface area contributed by atoms with Gasteiger partial charge in [-0.05, 0) is 43.2 Å². The Balaban J connectivity index is 1.66. The van der Waals surface area contributed by atoms with Gasteiger partial charge in [-0.1, -0.05) is 24.3 Å². The highest BCUT2D eigenvalue weighted by molar-refractivity contribution is 7.20. The van der Waals surface area contributed by atoms with E-state index in [4.69, 9.17) is 0 Å². The van der Waals surface area contributed by atoms with Gasteiger partial charge >= 0.3 is 0 Å². The molecule has 0 unspecified atom stereocenters. The van der Waals surface area contributed by atoms with E-state index in [1.807, 2.05) is 36.1 Å². The highest BCUT2D eigenvalue weighted by Crippen LogP contribution is 2.34. The summed E-state index contributed by atoms with van der Waals surface area (Å²) in [6.07, 6.45) is 2.54. The van der Waals surface area contributed by atoms with Gasteiger partial charge in [0.2, 0.25) is 0 Å². The van der Waals surface area contributed by atoms with Crippen LogP contribution >= 0.6 is 11.3 Å². The van der Waals surface area contributed by atoms with E-state index in [0.29, 0.717) is 20.7 Å². The first kappa shape index (κ1) is 15.3. The van der Waals surface area contributed by atoms with E-state index in [2.05, 4.69) is 11.1 Å². The van der Waals surface area contributed by atoms with Gasteiger partial charge in [0.25, 0.3) is 11.5 Å². The van der Waals surface area contributed by atoms with E-state index in [1.54, 1.807) is 24.4 Å². The lowest BCUT2D eigenvalue weighted by Crippen LogP contribution is -2.35. The predicted octanol–water partition coefficient (Wildman–Crippen LogP) is 3.50. The highest BCUT2D eigenvalue weighted by Gasteiger charge is 2.32. The van der Waals surface area contributed by atoms with Gasteiger partial charge in [0.1, 0.15) is 10.5 Å². The fourth-order valence-corrected chi connectivity index (χ4v) is 4.61. The van der Waals surface area contributed by atoms with Crippen LogP contribution < -0.4 is 10.5 Å². The van der Waals surface area contributed by atoms with Crippen LogP contribution in [0.3, 0.4) is 0 Å². The third kappa shape index (κ3) is 2.12. The standard InChI is InChI=1S/C20H15N3O2S/c1-12-10-13-6-2-3-7-15(13)23(12)20(25)16-11-14-18(26-16)21-17-8-4-5-9-22(17)19(14)24/h2-9,11-12H,10H2,1H3/t12-/m0/s1. The summed E-state index contributed by atoms with van der Waals surface area (Å²) in [6, 6.07) is 15.2. The van der Waals surface area contributed by atoms with Gasteiger partial charge < -0.3 is 4.90 Å². The number of carbonyl (C=O) groups is 1. The van der Waals surface area contributed by atoms with E-state index >= 15 is 0 Å². The molecule has 0 bridgehead atoms. The second-order valence-electron chi connectivity index (χ2n) is 6.53. The summed E-state index contributed by atoms with van der Waals surface area (Å²) < 4.78 is 1.51. The van der Waals surface area contributed by atoms with Crippen molar-refractivity contribution in [2.45, 2.75) is 19.4 Å². The average molecular weight is 361 g/mol. The number of thiophene rings is 1. The lowest BCUT2D eigenvalue weighted by Gasteiger charge is -2.21. The molecule has 0 spiro atoms. The molecule has 0 saturated carbocycles. The summed E-state index contributed by atoms with van der Waals surface area (Å²) >= 11 is 1.28. The first-order valence-corrected chi connectivity index (χ1v) is 9.27. The number of nitrogens with zero attached hydrogens (tertiary/aromatic N) is 3. The summed E-state index contributed by atoms with van der Waals surface area (Å²) in [6.45, 7) is 2.05. The van der Waals surface area contributed by atoms with Crippen LogP contribution in [0, 0.1) is 0 Å². The molecule has 0 aliphatic carbocycles. The smallest absolute Gasteiger partial charge is 0.268 e. The SMILES string of the molecule is C[C@H]1Cc2ccccc2N1C(=O)c1cc2c(=O)n3ccccc3nc2s1.